The summed E-state index contributed by atoms with van der Waals surface area (Å²) >= 11 is 0. The second-order valence-electron chi connectivity index (χ2n) is 7.64. The number of pyridine rings is 1. The normalized spacial score (nSPS) is 14.9. The summed E-state index contributed by atoms with van der Waals surface area (Å²) < 4.78 is 5.65. The van der Waals surface area contributed by atoms with E-state index in [0.717, 1.165) is 42.0 Å². The molecule has 1 fully saturated rings. The number of carbonyl (C=O) groups is 1. The number of aryl methyl sites for hydroxylation is 1. The SMILES string of the molecule is Cc1cccc2c(C(=O)N3CCN(c4ccc(CN(C)C)cn4)CC3)coc12. The van der Waals surface area contributed by atoms with Crippen molar-refractivity contribution in [1.29, 1.82) is 0 Å². The van der Waals surface area contributed by atoms with Crippen LogP contribution in [0.3, 0.4) is 0 Å². The predicted molar refractivity (Wildman–Crippen MR) is 111 cm³/mol. The first kappa shape index (κ1) is 18.5. The first-order valence-electron chi connectivity index (χ1n) is 9.63. The molecule has 0 spiro atoms. The number of amides is 1. The van der Waals surface area contributed by atoms with E-state index >= 15 is 0 Å². The zero-order valence-electron chi connectivity index (χ0n) is 16.7. The molecule has 0 saturated carbocycles. The van der Waals surface area contributed by atoms with Crippen LogP contribution in [0.15, 0.2) is 47.2 Å². The van der Waals surface area contributed by atoms with E-state index in [9.17, 15) is 4.79 Å². The van der Waals surface area contributed by atoms with Gasteiger partial charge in [0.25, 0.3) is 5.91 Å². The van der Waals surface area contributed by atoms with Crippen molar-refractivity contribution >= 4 is 22.7 Å². The molecule has 1 saturated heterocycles. The van der Waals surface area contributed by atoms with Crippen LogP contribution in [0, 0.1) is 6.92 Å². The Morgan fingerprint density at radius 2 is 1.93 bits per heavy atom. The summed E-state index contributed by atoms with van der Waals surface area (Å²) in [5, 5.41) is 0.894. The maximum atomic E-state index is 13.0. The number of carbonyl (C=O) groups excluding carboxylic acids is 1. The molecule has 1 aromatic carbocycles. The lowest BCUT2D eigenvalue weighted by Gasteiger charge is -2.35. The van der Waals surface area contributed by atoms with Gasteiger partial charge in [-0.05, 0) is 38.2 Å². The minimum Gasteiger partial charge on any atom is -0.463 e. The molecule has 1 aliphatic heterocycles. The van der Waals surface area contributed by atoms with Gasteiger partial charge >= 0.3 is 0 Å². The monoisotopic (exact) mass is 378 g/mol. The summed E-state index contributed by atoms with van der Waals surface area (Å²) in [6.07, 6.45) is 3.53. The Morgan fingerprint density at radius 1 is 1.14 bits per heavy atom. The molecule has 4 rings (SSSR count). The number of hydrogen-bond donors (Lipinski definition) is 0. The molecular formula is C22H26N4O2. The van der Waals surface area contributed by atoms with Gasteiger partial charge in [0.15, 0.2) is 0 Å². The second-order valence-corrected chi connectivity index (χ2v) is 7.64. The van der Waals surface area contributed by atoms with Crippen molar-refractivity contribution in [3.8, 4) is 0 Å². The first-order valence-corrected chi connectivity index (χ1v) is 9.63. The Labute approximate surface area is 165 Å². The van der Waals surface area contributed by atoms with Crippen LogP contribution in [0.25, 0.3) is 11.0 Å². The highest BCUT2D eigenvalue weighted by Crippen LogP contribution is 2.26. The molecule has 6 nitrogen and oxygen atoms in total. The van der Waals surface area contributed by atoms with E-state index in [1.54, 1.807) is 6.26 Å². The second kappa shape index (κ2) is 7.64. The minimum atomic E-state index is 0.0401. The van der Waals surface area contributed by atoms with Crippen LogP contribution in [-0.4, -0.2) is 61.0 Å². The van der Waals surface area contributed by atoms with Crippen LogP contribution in [-0.2, 0) is 6.54 Å². The highest BCUT2D eigenvalue weighted by Gasteiger charge is 2.25. The van der Waals surface area contributed by atoms with Gasteiger partial charge < -0.3 is 19.1 Å². The quantitative estimate of drug-likeness (QED) is 0.698. The van der Waals surface area contributed by atoms with E-state index in [1.165, 1.54) is 5.56 Å². The molecule has 2 aromatic heterocycles. The van der Waals surface area contributed by atoms with Crippen LogP contribution in [0.4, 0.5) is 5.82 Å². The molecule has 3 aromatic rings. The van der Waals surface area contributed by atoms with Crippen molar-refractivity contribution in [2.24, 2.45) is 0 Å². The number of nitrogens with zero attached hydrogens (tertiary/aromatic N) is 4. The minimum absolute atomic E-state index is 0.0401. The summed E-state index contributed by atoms with van der Waals surface area (Å²) in [4.78, 5) is 23.9. The summed E-state index contributed by atoms with van der Waals surface area (Å²) in [5.41, 5.74) is 3.69. The number of rotatable bonds is 4. The molecule has 1 aliphatic rings. The molecule has 1 amide bonds. The Hall–Kier alpha value is -2.86. The molecule has 3 heterocycles. The van der Waals surface area contributed by atoms with Crippen LogP contribution < -0.4 is 4.90 Å². The molecule has 0 radical (unpaired) electrons. The topological polar surface area (TPSA) is 52.8 Å². The lowest BCUT2D eigenvalue weighted by Crippen LogP contribution is -2.49. The lowest BCUT2D eigenvalue weighted by atomic mass is 10.1. The summed E-state index contributed by atoms with van der Waals surface area (Å²) in [7, 11) is 4.10. The van der Waals surface area contributed by atoms with Crippen molar-refractivity contribution in [2.75, 3.05) is 45.2 Å². The van der Waals surface area contributed by atoms with E-state index < -0.39 is 0 Å². The van der Waals surface area contributed by atoms with Gasteiger partial charge in [0.1, 0.15) is 17.7 Å². The van der Waals surface area contributed by atoms with E-state index in [-0.39, 0.29) is 5.91 Å². The molecular weight excluding hydrogens is 352 g/mol. The number of para-hydroxylation sites is 1. The number of anilines is 1. The zero-order valence-corrected chi connectivity index (χ0v) is 16.7. The molecule has 146 valence electrons. The van der Waals surface area contributed by atoms with Crippen LogP contribution >= 0.6 is 0 Å². The van der Waals surface area contributed by atoms with E-state index in [1.807, 2.05) is 36.2 Å². The largest absolute Gasteiger partial charge is 0.463 e. The molecule has 0 N–H and O–H groups in total. The smallest absolute Gasteiger partial charge is 0.257 e. The first-order chi connectivity index (χ1) is 13.5. The van der Waals surface area contributed by atoms with Gasteiger partial charge in [-0.25, -0.2) is 4.98 Å². The molecule has 28 heavy (non-hydrogen) atoms. The fourth-order valence-electron chi connectivity index (χ4n) is 3.74. The molecule has 0 atom stereocenters. The number of aromatic nitrogens is 1. The molecule has 6 heteroatoms. The maximum Gasteiger partial charge on any atom is 0.257 e. The van der Waals surface area contributed by atoms with Gasteiger partial charge in [0, 0.05) is 44.3 Å². The Kier molecular flexibility index (Phi) is 5.05. The Morgan fingerprint density at radius 3 is 2.61 bits per heavy atom. The average molecular weight is 378 g/mol. The molecule has 0 bridgehead atoms. The summed E-state index contributed by atoms with van der Waals surface area (Å²) in [6, 6.07) is 10.1. The predicted octanol–water partition coefficient (Wildman–Crippen LogP) is 3.16. The van der Waals surface area contributed by atoms with E-state index in [0.29, 0.717) is 18.7 Å². The van der Waals surface area contributed by atoms with E-state index in [4.69, 9.17) is 4.42 Å². The molecule has 0 unspecified atom stereocenters. The van der Waals surface area contributed by atoms with Crippen molar-refractivity contribution in [1.82, 2.24) is 14.8 Å². The number of hydrogen-bond acceptors (Lipinski definition) is 5. The summed E-state index contributed by atoms with van der Waals surface area (Å²) in [5.74, 6) is 1.01. The highest BCUT2D eigenvalue weighted by atomic mass is 16.3. The van der Waals surface area contributed by atoms with Crippen LogP contribution in [0.5, 0.6) is 0 Å². The van der Waals surface area contributed by atoms with Crippen molar-refractivity contribution < 1.29 is 9.21 Å². The van der Waals surface area contributed by atoms with Gasteiger partial charge in [-0.2, -0.15) is 0 Å². The van der Waals surface area contributed by atoms with Crippen LogP contribution in [0.1, 0.15) is 21.5 Å². The van der Waals surface area contributed by atoms with Gasteiger partial charge in [-0.1, -0.05) is 24.3 Å². The third kappa shape index (κ3) is 3.60. The lowest BCUT2D eigenvalue weighted by molar-refractivity contribution is 0.0747. The third-order valence-corrected chi connectivity index (χ3v) is 5.23. The molecule has 0 aliphatic carbocycles. The Balaban J connectivity index is 1.42. The average Bonchev–Trinajstić information content (AvgIpc) is 3.13. The number of benzene rings is 1. The third-order valence-electron chi connectivity index (χ3n) is 5.23. The van der Waals surface area contributed by atoms with Crippen LogP contribution in [0.2, 0.25) is 0 Å². The van der Waals surface area contributed by atoms with Gasteiger partial charge in [-0.3, -0.25) is 4.79 Å². The van der Waals surface area contributed by atoms with Gasteiger partial charge in [-0.15, -0.1) is 0 Å². The number of fused-ring (bicyclic) bond motifs is 1. The zero-order chi connectivity index (χ0) is 19.7. The Bertz CT molecular complexity index is 970. The highest BCUT2D eigenvalue weighted by molar-refractivity contribution is 6.06. The standard InChI is InChI=1S/C22H26N4O2/c1-16-5-4-6-18-19(15-28-21(16)18)22(27)26-11-9-25(10-12-26)20-8-7-17(13-23-20)14-24(2)3/h4-8,13,15H,9-12,14H2,1-3H3. The maximum absolute atomic E-state index is 13.0. The van der Waals surface area contributed by atoms with Gasteiger partial charge in [0.2, 0.25) is 0 Å². The van der Waals surface area contributed by atoms with Crippen molar-refractivity contribution in [2.45, 2.75) is 13.5 Å². The fraction of sp³-hybridized carbons (Fsp3) is 0.364. The fourth-order valence-corrected chi connectivity index (χ4v) is 3.74. The van der Waals surface area contributed by atoms with Crippen molar-refractivity contribution in [3.05, 3.63) is 59.5 Å². The summed E-state index contributed by atoms with van der Waals surface area (Å²) in [6.45, 7) is 5.79. The number of piperazine rings is 1. The van der Waals surface area contributed by atoms with E-state index in [2.05, 4.69) is 41.0 Å². The number of furan rings is 1. The van der Waals surface area contributed by atoms with Gasteiger partial charge in [0.05, 0.1) is 5.56 Å². The van der Waals surface area contributed by atoms with Crippen molar-refractivity contribution in [3.63, 3.8) is 0 Å².